The summed E-state index contributed by atoms with van der Waals surface area (Å²) in [6.45, 7) is 0. The number of halogens is 1. The topological polar surface area (TPSA) is 17.8 Å². The molecule has 1 aromatic heterocycles. The number of rotatable bonds is 0. The van der Waals surface area contributed by atoms with Gasteiger partial charge in [0, 0.05) is 23.8 Å². The van der Waals surface area contributed by atoms with Crippen LogP contribution in [0.5, 0.6) is 0 Å². The number of aromatic nitrogens is 2. The molecule has 1 heterocycles. The van der Waals surface area contributed by atoms with Crippen LogP contribution in [-0.4, -0.2) is 9.78 Å². The monoisotopic (exact) mass is 286 g/mol. The summed E-state index contributed by atoms with van der Waals surface area (Å²) in [7, 11) is 1.85. The van der Waals surface area contributed by atoms with E-state index in [9.17, 15) is 0 Å². The Labute approximate surface area is 154 Å². The zero-order valence-electron chi connectivity index (χ0n) is 9.57. The molecule has 0 saturated carbocycles. The molecule has 0 aliphatic carbocycles. The van der Waals surface area contributed by atoms with Crippen LogP contribution in [-0.2, 0) is 19.7 Å². The third-order valence-corrected chi connectivity index (χ3v) is 2.86. The molecule has 0 radical (unpaired) electrons. The first-order valence-corrected chi connectivity index (χ1v) is 5.42. The standard InChI is InChI=1S/C12H9ClN2S.K/c1-15-8-7-10(14-15)6-5-9-3-2-4-11(16)12(9)13;/h2-4,7-8,16H,1H3;/q;+1/p-1. The van der Waals surface area contributed by atoms with Gasteiger partial charge in [0.25, 0.3) is 0 Å². The summed E-state index contributed by atoms with van der Waals surface area (Å²) in [5.74, 6) is 5.90. The molecule has 0 aliphatic heterocycles. The number of hydrogen-bond donors (Lipinski definition) is 0. The minimum Gasteiger partial charge on any atom is -0.778 e. The van der Waals surface area contributed by atoms with E-state index in [-0.39, 0.29) is 51.4 Å². The van der Waals surface area contributed by atoms with Crippen molar-refractivity contribution < 1.29 is 51.4 Å². The molecule has 17 heavy (non-hydrogen) atoms. The number of aryl methyl sites for hydroxylation is 1. The third-order valence-electron chi connectivity index (χ3n) is 2.00. The Morgan fingerprint density at radius 1 is 1.29 bits per heavy atom. The number of benzene rings is 1. The predicted molar refractivity (Wildman–Crippen MR) is 66.3 cm³/mol. The Bertz CT molecular complexity index is 584. The fourth-order valence-corrected chi connectivity index (χ4v) is 1.58. The molecule has 2 aromatic rings. The van der Waals surface area contributed by atoms with Crippen molar-refractivity contribution >= 4 is 24.2 Å². The van der Waals surface area contributed by atoms with Crippen LogP contribution < -0.4 is 51.4 Å². The van der Waals surface area contributed by atoms with Crippen molar-refractivity contribution in [2.45, 2.75) is 4.90 Å². The van der Waals surface area contributed by atoms with Crippen LogP contribution in [0, 0.1) is 11.8 Å². The van der Waals surface area contributed by atoms with E-state index in [1.807, 2.05) is 31.4 Å². The maximum absolute atomic E-state index is 6.03. The second-order valence-electron chi connectivity index (χ2n) is 3.24. The molecular weight excluding hydrogens is 279 g/mol. The van der Waals surface area contributed by atoms with Crippen LogP contribution in [0.4, 0.5) is 0 Å². The van der Waals surface area contributed by atoms with Crippen LogP contribution in [0.25, 0.3) is 0 Å². The molecule has 2 rings (SSSR count). The van der Waals surface area contributed by atoms with Gasteiger partial charge in [0.2, 0.25) is 0 Å². The molecule has 0 fully saturated rings. The molecule has 0 aliphatic rings. The van der Waals surface area contributed by atoms with E-state index < -0.39 is 0 Å². The van der Waals surface area contributed by atoms with Crippen LogP contribution in [0.1, 0.15) is 11.3 Å². The van der Waals surface area contributed by atoms with Crippen molar-refractivity contribution in [2.24, 2.45) is 7.05 Å². The maximum atomic E-state index is 6.03. The second-order valence-corrected chi connectivity index (χ2v) is 4.06. The van der Waals surface area contributed by atoms with Crippen LogP contribution in [0.2, 0.25) is 5.02 Å². The van der Waals surface area contributed by atoms with Gasteiger partial charge in [0.05, 0.1) is 0 Å². The van der Waals surface area contributed by atoms with Gasteiger partial charge in [-0.3, -0.25) is 4.68 Å². The molecule has 1 aromatic carbocycles. The Kier molecular flexibility index (Phi) is 6.17. The molecule has 0 N–H and O–H groups in total. The van der Waals surface area contributed by atoms with Crippen molar-refractivity contribution in [2.75, 3.05) is 0 Å². The molecule has 80 valence electrons. The first kappa shape index (κ1) is 15.2. The summed E-state index contributed by atoms with van der Waals surface area (Å²) >= 11 is 11.1. The molecule has 5 heteroatoms. The Morgan fingerprint density at radius 2 is 2.06 bits per heavy atom. The number of nitrogens with zero attached hydrogens (tertiary/aromatic N) is 2. The first-order valence-electron chi connectivity index (χ1n) is 4.64. The fourth-order valence-electron chi connectivity index (χ4n) is 1.22. The molecule has 0 atom stereocenters. The summed E-state index contributed by atoms with van der Waals surface area (Å²) in [5, 5.41) is 4.68. The summed E-state index contributed by atoms with van der Waals surface area (Å²) in [5.41, 5.74) is 1.45. The normalized spacial score (nSPS) is 9.06. The summed E-state index contributed by atoms with van der Waals surface area (Å²) in [6.07, 6.45) is 1.84. The Morgan fingerprint density at radius 3 is 2.71 bits per heavy atom. The molecule has 0 saturated heterocycles. The Hall–Kier alpha value is 0.136. The SMILES string of the molecule is Cn1ccc(C#Cc2cccc([S-])c2Cl)n1.[K+]. The largest absolute Gasteiger partial charge is 1.00 e. The van der Waals surface area contributed by atoms with Crippen LogP contribution in [0.15, 0.2) is 35.4 Å². The van der Waals surface area contributed by atoms with Crippen LogP contribution in [0.3, 0.4) is 0 Å². The van der Waals surface area contributed by atoms with E-state index in [0.29, 0.717) is 15.6 Å². The minimum absolute atomic E-state index is 0. The average Bonchev–Trinajstić information content (AvgIpc) is 2.67. The van der Waals surface area contributed by atoms with E-state index >= 15 is 0 Å². The van der Waals surface area contributed by atoms with Gasteiger partial charge in [-0.1, -0.05) is 29.7 Å². The Balaban J connectivity index is 0.00000144. The van der Waals surface area contributed by atoms with Crippen molar-refractivity contribution in [3.05, 3.63) is 46.7 Å². The van der Waals surface area contributed by atoms with Gasteiger partial charge < -0.3 is 12.6 Å². The van der Waals surface area contributed by atoms with Gasteiger partial charge in [-0.05, 0) is 18.1 Å². The molecule has 0 spiro atoms. The first-order chi connectivity index (χ1) is 7.66. The van der Waals surface area contributed by atoms with Crippen molar-refractivity contribution in [3.8, 4) is 11.8 Å². The molecule has 2 nitrogen and oxygen atoms in total. The zero-order valence-corrected chi connectivity index (χ0v) is 14.3. The molecule has 0 bridgehead atoms. The van der Waals surface area contributed by atoms with E-state index in [1.54, 1.807) is 10.7 Å². The molecule has 0 amide bonds. The number of hydrogen-bond acceptors (Lipinski definition) is 2. The maximum Gasteiger partial charge on any atom is 1.00 e. The smallest absolute Gasteiger partial charge is 0.778 e. The van der Waals surface area contributed by atoms with E-state index in [1.165, 1.54) is 0 Å². The van der Waals surface area contributed by atoms with Gasteiger partial charge in [0.1, 0.15) is 5.69 Å². The van der Waals surface area contributed by atoms with Crippen molar-refractivity contribution in [3.63, 3.8) is 0 Å². The predicted octanol–water partition coefficient (Wildman–Crippen LogP) is -0.617. The van der Waals surface area contributed by atoms with Gasteiger partial charge >= 0.3 is 51.4 Å². The van der Waals surface area contributed by atoms with Crippen molar-refractivity contribution in [1.29, 1.82) is 0 Å². The summed E-state index contributed by atoms with van der Waals surface area (Å²) in [4.78, 5) is 0.620. The zero-order chi connectivity index (χ0) is 11.5. The van der Waals surface area contributed by atoms with E-state index in [2.05, 4.69) is 16.9 Å². The molecule has 0 unspecified atom stereocenters. The van der Waals surface area contributed by atoms with Crippen LogP contribution >= 0.6 is 11.6 Å². The summed E-state index contributed by atoms with van der Waals surface area (Å²) in [6, 6.07) is 7.31. The second kappa shape index (κ2) is 6.91. The van der Waals surface area contributed by atoms with Crippen molar-refractivity contribution in [1.82, 2.24) is 9.78 Å². The van der Waals surface area contributed by atoms with Gasteiger partial charge in [-0.15, -0.1) is 0 Å². The van der Waals surface area contributed by atoms with E-state index in [0.717, 1.165) is 5.56 Å². The van der Waals surface area contributed by atoms with E-state index in [4.69, 9.17) is 24.2 Å². The average molecular weight is 287 g/mol. The fraction of sp³-hybridized carbons (Fsp3) is 0.0833. The summed E-state index contributed by atoms with van der Waals surface area (Å²) < 4.78 is 1.70. The van der Waals surface area contributed by atoms with Gasteiger partial charge in [-0.25, -0.2) is 0 Å². The minimum atomic E-state index is 0. The van der Waals surface area contributed by atoms with Gasteiger partial charge in [0.15, 0.2) is 0 Å². The van der Waals surface area contributed by atoms with Gasteiger partial charge in [-0.2, -0.15) is 9.99 Å². The third kappa shape index (κ3) is 4.07. The molecular formula is C12H8ClKN2S. The quantitative estimate of drug-likeness (QED) is 0.365.